The van der Waals surface area contributed by atoms with Gasteiger partial charge in [-0.15, -0.1) is 0 Å². The number of hydrogen-bond acceptors (Lipinski definition) is 7. The molecular weight excluding hydrogens is 466 g/mol. The van der Waals surface area contributed by atoms with Gasteiger partial charge in [0, 0.05) is 24.0 Å². The molecule has 0 amide bonds. The fraction of sp³-hybridized carbons (Fsp3) is 0.346. The number of rotatable bonds is 6. The third kappa shape index (κ3) is 4.20. The first kappa shape index (κ1) is 24.5. The Balaban J connectivity index is 2.03. The van der Waals surface area contributed by atoms with E-state index in [1.54, 1.807) is 50.8 Å². The lowest BCUT2D eigenvalue weighted by molar-refractivity contribution is -0.139. The van der Waals surface area contributed by atoms with Crippen molar-refractivity contribution in [2.45, 2.75) is 33.7 Å². The maximum absolute atomic E-state index is 13.8. The number of esters is 1. The molecule has 0 spiro atoms. The molecule has 1 unspecified atom stereocenters. The molecule has 3 aromatic rings. The van der Waals surface area contributed by atoms with Crippen molar-refractivity contribution in [3.8, 4) is 11.5 Å². The molecule has 0 saturated heterocycles. The number of aryl methyl sites for hydroxylation is 1. The number of nitrogens with zero attached hydrogens (tertiary/aromatic N) is 3. The second kappa shape index (κ2) is 9.58. The predicted octanol–water partition coefficient (Wildman–Crippen LogP) is 2.77. The average molecular weight is 496 g/mol. The van der Waals surface area contributed by atoms with Gasteiger partial charge in [-0.05, 0) is 63.6 Å². The second-order valence-electron chi connectivity index (χ2n) is 8.30. The van der Waals surface area contributed by atoms with Crippen LogP contribution in [0.15, 0.2) is 45.3 Å². The van der Waals surface area contributed by atoms with Crippen LogP contribution in [0.25, 0.3) is 6.08 Å². The van der Waals surface area contributed by atoms with Crippen molar-refractivity contribution < 1.29 is 19.0 Å². The number of benzene rings is 1. The Morgan fingerprint density at radius 2 is 1.91 bits per heavy atom. The number of methoxy groups -OCH3 is 2. The van der Waals surface area contributed by atoms with Gasteiger partial charge in [0.25, 0.3) is 5.56 Å². The summed E-state index contributed by atoms with van der Waals surface area (Å²) in [5.41, 5.74) is 4.29. The zero-order chi connectivity index (χ0) is 25.4. The van der Waals surface area contributed by atoms with Gasteiger partial charge in [-0.3, -0.25) is 9.36 Å². The minimum Gasteiger partial charge on any atom is -0.497 e. The van der Waals surface area contributed by atoms with Crippen molar-refractivity contribution >= 4 is 23.4 Å². The van der Waals surface area contributed by atoms with Crippen LogP contribution in [-0.4, -0.2) is 35.9 Å². The number of allylic oxidation sites excluding steroid dienone is 1. The summed E-state index contributed by atoms with van der Waals surface area (Å²) in [6.45, 7) is 7.75. The first-order valence-corrected chi connectivity index (χ1v) is 12.1. The van der Waals surface area contributed by atoms with Crippen LogP contribution in [0.4, 0.5) is 0 Å². The van der Waals surface area contributed by atoms with Gasteiger partial charge in [0.05, 0.1) is 36.6 Å². The smallest absolute Gasteiger partial charge is 0.338 e. The molecule has 0 aliphatic carbocycles. The molecule has 0 fully saturated rings. The SMILES string of the molecule is CCOC(=O)C1=C(C)N=c2s/c(=C/c3cc(C)n(C)c3C)c(=O)n2C1c1cc(OC)ccc1OC. The van der Waals surface area contributed by atoms with Crippen LogP contribution < -0.4 is 24.4 Å². The predicted molar refractivity (Wildman–Crippen MR) is 135 cm³/mol. The van der Waals surface area contributed by atoms with E-state index in [1.165, 1.54) is 11.3 Å². The fourth-order valence-electron chi connectivity index (χ4n) is 4.31. The second-order valence-corrected chi connectivity index (χ2v) is 9.30. The van der Waals surface area contributed by atoms with E-state index < -0.39 is 12.0 Å². The molecule has 0 bridgehead atoms. The quantitative estimate of drug-likeness (QED) is 0.491. The minimum atomic E-state index is -0.781. The molecule has 8 nitrogen and oxygen atoms in total. The van der Waals surface area contributed by atoms with Crippen LogP contribution >= 0.6 is 11.3 Å². The van der Waals surface area contributed by atoms with Gasteiger partial charge in [-0.1, -0.05) is 11.3 Å². The molecular formula is C26H29N3O5S. The molecule has 1 atom stereocenters. The van der Waals surface area contributed by atoms with Gasteiger partial charge in [0.1, 0.15) is 17.5 Å². The van der Waals surface area contributed by atoms with Crippen molar-refractivity contribution in [1.82, 2.24) is 9.13 Å². The number of fused-ring (bicyclic) bond motifs is 1. The molecule has 3 heterocycles. The summed E-state index contributed by atoms with van der Waals surface area (Å²) in [5, 5.41) is 0. The Hall–Kier alpha value is -3.59. The normalized spacial score (nSPS) is 15.6. The molecule has 4 rings (SSSR count). The van der Waals surface area contributed by atoms with Crippen molar-refractivity contribution in [1.29, 1.82) is 0 Å². The van der Waals surface area contributed by atoms with E-state index in [9.17, 15) is 9.59 Å². The zero-order valence-electron chi connectivity index (χ0n) is 21.0. The van der Waals surface area contributed by atoms with E-state index in [0.29, 0.717) is 37.7 Å². The first-order valence-electron chi connectivity index (χ1n) is 11.3. The van der Waals surface area contributed by atoms with E-state index in [2.05, 4.69) is 9.56 Å². The molecule has 1 aromatic carbocycles. The third-order valence-corrected chi connectivity index (χ3v) is 7.33. The van der Waals surface area contributed by atoms with E-state index in [4.69, 9.17) is 14.2 Å². The molecule has 0 N–H and O–H groups in total. The molecule has 1 aliphatic heterocycles. The van der Waals surface area contributed by atoms with Crippen molar-refractivity contribution in [2.24, 2.45) is 12.0 Å². The summed E-state index contributed by atoms with van der Waals surface area (Å²) >= 11 is 1.29. The number of ether oxygens (including phenoxy) is 3. The highest BCUT2D eigenvalue weighted by atomic mass is 32.1. The summed E-state index contributed by atoms with van der Waals surface area (Å²) in [4.78, 5) is 32.1. The monoisotopic (exact) mass is 495 g/mol. The molecule has 1 aliphatic rings. The molecule has 184 valence electrons. The number of thiazole rings is 1. The van der Waals surface area contributed by atoms with Crippen molar-refractivity contribution in [3.63, 3.8) is 0 Å². The van der Waals surface area contributed by atoms with Crippen molar-refractivity contribution in [3.05, 3.63) is 77.7 Å². The molecule has 35 heavy (non-hydrogen) atoms. The molecule has 9 heteroatoms. The Bertz CT molecular complexity index is 1520. The molecule has 0 radical (unpaired) electrons. The van der Waals surface area contributed by atoms with Crippen LogP contribution in [0.5, 0.6) is 11.5 Å². The van der Waals surface area contributed by atoms with Crippen LogP contribution in [0.1, 0.15) is 42.4 Å². The summed E-state index contributed by atoms with van der Waals surface area (Å²) in [7, 11) is 5.11. The minimum absolute atomic E-state index is 0.203. The largest absolute Gasteiger partial charge is 0.497 e. The number of aromatic nitrogens is 2. The summed E-state index contributed by atoms with van der Waals surface area (Å²) < 4.78 is 20.6. The Morgan fingerprint density at radius 1 is 1.17 bits per heavy atom. The number of hydrogen-bond donors (Lipinski definition) is 0. The lowest BCUT2D eigenvalue weighted by Gasteiger charge is -2.26. The zero-order valence-corrected chi connectivity index (χ0v) is 21.8. The summed E-state index contributed by atoms with van der Waals surface area (Å²) in [5.74, 6) is 0.583. The fourth-order valence-corrected chi connectivity index (χ4v) is 5.35. The third-order valence-electron chi connectivity index (χ3n) is 6.35. The number of carbonyl (C=O) groups excluding carboxylic acids is 1. The lowest BCUT2D eigenvalue weighted by atomic mass is 9.94. The maximum atomic E-state index is 13.8. The van der Waals surface area contributed by atoms with Crippen LogP contribution in [0, 0.1) is 13.8 Å². The highest BCUT2D eigenvalue weighted by Crippen LogP contribution is 2.37. The molecule has 0 saturated carbocycles. The van der Waals surface area contributed by atoms with E-state index >= 15 is 0 Å². The van der Waals surface area contributed by atoms with Gasteiger partial charge >= 0.3 is 5.97 Å². The van der Waals surface area contributed by atoms with Gasteiger partial charge in [-0.2, -0.15) is 0 Å². The highest BCUT2D eigenvalue weighted by molar-refractivity contribution is 7.07. The Labute approximate surface area is 207 Å². The highest BCUT2D eigenvalue weighted by Gasteiger charge is 2.35. The van der Waals surface area contributed by atoms with Gasteiger partial charge in [0.15, 0.2) is 4.80 Å². The Morgan fingerprint density at radius 3 is 2.51 bits per heavy atom. The van der Waals surface area contributed by atoms with Crippen LogP contribution in [0.2, 0.25) is 0 Å². The van der Waals surface area contributed by atoms with Crippen LogP contribution in [-0.2, 0) is 16.6 Å². The lowest BCUT2D eigenvalue weighted by Crippen LogP contribution is -2.40. The molecule has 2 aromatic heterocycles. The summed E-state index contributed by atoms with van der Waals surface area (Å²) in [6, 6.07) is 6.58. The average Bonchev–Trinajstić information content (AvgIpc) is 3.27. The topological polar surface area (TPSA) is 84.1 Å². The first-order chi connectivity index (χ1) is 16.7. The summed E-state index contributed by atoms with van der Waals surface area (Å²) in [6.07, 6.45) is 1.88. The van der Waals surface area contributed by atoms with Gasteiger partial charge < -0.3 is 18.8 Å². The van der Waals surface area contributed by atoms with Crippen LogP contribution in [0.3, 0.4) is 0 Å². The van der Waals surface area contributed by atoms with Crippen molar-refractivity contribution in [2.75, 3.05) is 20.8 Å². The van der Waals surface area contributed by atoms with E-state index in [0.717, 1.165) is 17.0 Å². The van der Waals surface area contributed by atoms with Gasteiger partial charge in [-0.25, -0.2) is 9.79 Å². The van der Waals surface area contributed by atoms with E-state index in [1.807, 2.05) is 33.0 Å². The van der Waals surface area contributed by atoms with E-state index in [-0.39, 0.29) is 12.2 Å². The maximum Gasteiger partial charge on any atom is 0.338 e. The van der Waals surface area contributed by atoms with Gasteiger partial charge in [0.2, 0.25) is 0 Å². The standard InChI is InChI=1S/C26H29N3O5S/c1-8-34-25(31)22-15(3)27-26-29(23(22)19-13-18(32-6)9-10-20(19)33-7)24(30)21(35-26)12-17-11-14(2)28(5)16(17)4/h9-13,23H,8H2,1-7H3/b21-12+. The Kier molecular flexibility index (Phi) is 6.71. The number of carbonyl (C=O) groups is 1.